The molecule has 2 aromatic carbocycles. The van der Waals surface area contributed by atoms with Gasteiger partial charge in [0.05, 0.1) is 38.6 Å². The summed E-state index contributed by atoms with van der Waals surface area (Å²) in [6, 6.07) is 15.4. The zero-order valence-corrected chi connectivity index (χ0v) is 18.9. The minimum atomic E-state index is -0.984. The van der Waals surface area contributed by atoms with Crippen molar-refractivity contribution in [1.82, 2.24) is 4.90 Å². The Kier molecular flexibility index (Phi) is 6.82. The van der Waals surface area contributed by atoms with Gasteiger partial charge in [-0.15, -0.1) is 0 Å². The molecule has 0 radical (unpaired) electrons. The van der Waals surface area contributed by atoms with Crippen molar-refractivity contribution in [1.29, 1.82) is 0 Å². The minimum absolute atomic E-state index is 0.0607. The van der Waals surface area contributed by atoms with Crippen LogP contribution in [0.1, 0.15) is 19.1 Å². The van der Waals surface area contributed by atoms with Gasteiger partial charge in [0.15, 0.2) is 0 Å². The van der Waals surface area contributed by atoms with Gasteiger partial charge in [0.2, 0.25) is 5.91 Å². The van der Waals surface area contributed by atoms with Crippen LogP contribution in [0.5, 0.6) is 11.5 Å². The van der Waals surface area contributed by atoms with E-state index in [2.05, 4.69) is 5.32 Å². The highest BCUT2D eigenvalue weighted by Gasteiger charge is 2.47. The Morgan fingerprint density at radius 2 is 1.74 bits per heavy atom. The van der Waals surface area contributed by atoms with Crippen LogP contribution in [-0.4, -0.2) is 42.5 Å². The summed E-state index contributed by atoms with van der Waals surface area (Å²) in [6.45, 7) is 2.49. The van der Waals surface area contributed by atoms with E-state index in [1.807, 2.05) is 6.92 Å². The summed E-state index contributed by atoms with van der Waals surface area (Å²) in [7, 11) is 1.53. The van der Waals surface area contributed by atoms with Crippen LogP contribution < -0.4 is 19.7 Å². The maximum atomic E-state index is 13.3. The number of carbonyl (C=O) groups is 3. The molecule has 176 valence electrons. The lowest BCUT2D eigenvalue weighted by atomic mass is 10.1. The normalized spacial score (nSPS) is 15.5. The van der Waals surface area contributed by atoms with Gasteiger partial charge in [0.25, 0.3) is 5.91 Å². The van der Waals surface area contributed by atoms with Gasteiger partial charge < -0.3 is 24.1 Å². The number of rotatable bonds is 9. The van der Waals surface area contributed by atoms with Crippen molar-refractivity contribution in [2.75, 3.05) is 23.9 Å². The van der Waals surface area contributed by atoms with Gasteiger partial charge in [-0.05, 0) is 67.6 Å². The molecule has 4 rings (SSSR count). The van der Waals surface area contributed by atoms with Gasteiger partial charge in [-0.2, -0.15) is 0 Å². The topological polar surface area (TPSA) is 101 Å². The molecule has 1 aromatic heterocycles. The summed E-state index contributed by atoms with van der Waals surface area (Å²) in [4.78, 5) is 41.8. The molecule has 9 heteroatoms. The molecule has 1 aliphatic heterocycles. The Labute approximate surface area is 196 Å². The maximum absolute atomic E-state index is 13.3. The van der Waals surface area contributed by atoms with Crippen LogP contribution in [0.4, 0.5) is 16.2 Å². The maximum Gasteiger partial charge on any atom is 0.332 e. The van der Waals surface area contributed by atoms with Gasteiger partial charge >= 0.3 is 6.03 Å². The predicted molar refractivity (Wildman–Crippen MR) is 125 cm³/mol. The van der Waals surface area contributed by atoms with E-state index in [-0.39, 0.29) is 13.0 Å². The molecule has 1 fully saturated rings. The molecule has 3 aromatic rings. The zero-order chi connectivity index (χ0) is 24.1. The predicted octanol–water partition coefficient (Wildman–Crippen LogP) is 4.05. The summed E-state index contributed by atoms with van der Waals surface area (Å²) in [5, 5.41) is 2.78. The summed E-state index contributed by atoms with van der Waals surface area (Å²) >= 11 is 0. The van der Waals surface area contributed by atoms with Gasteiger partial charge in [0, 0.05) is 5.69 Å². The molecule has 2 heterocycles. The largest absolute Gasteiger partial charge is 0.497 e. The molecular weight excluding hydrogens is 438 g/mol. The number of nitrogens with zero attached hydrogens (tertiary/aromatic N) is 2. The van der Waals surface area contributed by atoms with E-state index in [9.17, 15) is 14.4 Å². The van der Waals surface area contributed by atoms with E-state index in [0.29, 0.717) is 35.2 Å². The summed E-state index contributed by atoms with van der Waals surface area (Å²) in [5.41, 5.74) is 0.962. The number of hydrogen-bond donors (Lipinski definition) is 1. The molecule has 1 saturated heterocycles. The van der Waals surface area contributed by atoms with Gasteiger partial charge in [0.1, 0.15) is 23.3 Å². The average molecular weight is 463 g/mol. The fourth-order valence-electron chi connectivity index (χ4n) is 3.74. The lowest BCUT2D eigenvalue weighted by Gasteiger charge is -2.20. The van der Waals surface area contributed by atoms with Crippen molar-refractivity contribution in [2.24, 2.45) is 0 Å². The molecule has 0 aliphatic carbocycles. The number of ether oxygens (including phenoxy) is 2. The van der Waals surface area contributed by atoms with Crippen molar-refractivity contribution < 1.29 is 28.3 Å². The van der Waals surface area contributed by atoms with E-state index >= 15 is 0 Å². The first-order valence-corrected chi connectivity index (χ1v) is 10.8. The smallest absolute Gasteiger partial charge is 0.332 e. The first-order chi connectivity index (χ1) is 16.5. The molecular formula is C25H25N3O6. The second-order valence-electron chi connectivity index (χ2n) is 7.59. The molecule has 9 nitrogen and oxygen atoms in total. The molecule has 34 heavy (non-hydrogen) atoms. The van der Waals surface area contributed by atoms with Gasteiger partial charge in [-0.1, -0.05) is 0 Å². The number of carbonyl (C=O) groups excluding carboxylic acids is 3. The van der Waals surface area contributed by atoms with Crippen LogP contribution in [0.15, 0.2) is 71.3 Å². The monoisotopic (exact) mass is 463 g/mol. The Bertz CT molecular complexity index is 1140. The second-order valence-corrected chi connectivity index (χ2v) is 7.59. The molecule has 0 saturated carbocycles. The lowest BCUT2D eigenvalue weighted by Crippen LogP contribution is -2.37. The average Bonchev–Trinajstić information content (AvgIpc) is 3.43. The molecule has 0 bridgehead atoms. The van der Waals surface area contributed by atoms with Crippen molar-refractivity contribution in [3.05, 3.63) is 72.7 Å². The third-order valence-corrected chi connectivity index (χ3v) is 5.38. The van der Waals surface area contributed by atoms with Crippen LogP contribution in [-0.2, 0) is 16.1 Å². The Hall–Kier alpha value is -4.27. The fraction of sp³-hybridized carbons (Fsp3) is 0.240. The summed E-state index contributed by atoms with van der Waals surface area (Å²) in [6.07, 6.45) is 1.29. The van der Waals surface area contributed by atoms with Crippen molar-refractivity contribution in [2.45, 2.75) is 25.9 Å². The number of benzene rings is 2. The Morgan fingerprint density at radius 3 is 2.35 bits per heavy atom. The number of hydrogen-bond acceptors (Lipinski definition) is 6. The number of methoxy groups -OCH3 is 1. The van der Waals surface area contributed by atoms with E-state index < -0.39 is 23.9 Å². The quantitative estimate of drug-likeness (QED) is 0.481. The molecule has 1 atom stereocenters. The number of nitrogens with one attached hydrogen (secondary N) is 1. The Balaban J connectivity index is 1.53. The fourth-order valence-corrected chi connectivity index (χ4v) is 3.74. The molecule has 0 spiro atoms. The van der Waals surface area contributed by atoms with Crippen molar-refractivity contribution in [3.8, 4) is 11.5 Å². The van der Waals surface area contributed by atoms with E-state index in [4.69, 9.17) is 13.9 Å². The van der Waals surface area contributed by atoms with Gasteiger partial charge in [-0.25, -0.2) is 9.69 Å². The number of amides is 4. The molecule has 1 N–H and O–H groups in total. The highest BCUT2D eigenvalue weighted by atomic mass is 16.5. The standard InChI is InChI=1S/C25H25N3O6/c1-3-33-20-10-6-17(7-11-20)26-23(29)15-22-24(30)28(18-8-12-19(32-2)13-9-18)25(31)27(22)16-21-5-4-14-34-21/h4-14,22H,3,15-16H2,1-2H3,(H,26,29)/t22-/m0/s1. The first-order valence-electron chi connectivity index (χ1n) is 10.8. The van der Waals surface area contributed by atoms with Crippen LogP contribution in [0, 0.1) is 0 Å². The molecule has 4 amide bonds. The SMILES string of the molecule is CCOc1ccc(NC(=O)C[C@H]2C(=O)N(c3ccc(OC)cc3)C(=O)N2Cc2ccco2)cc1. The minimum Gasteiger partial charge on any atom is -0.497 e. The van der Waals surface area contributed by atoms with Crippen molar-refractivity contribution >= 4 is 29.2 Å². The Morgan fingerprint density at radius 1 is 1.03 bits per heavy atom. The second kappa shape index (κ2) is 10.1. The van der Waals surface area contributed by atoms with Crippen LogP contribution in [0.25, 0.3) is 0 Å². The van der Waals surface area contributed by atoms with E-state index in [1.54, 1.807) is 60.7 Å². The number of urea groups is 1. The van der Waals surface area contributed by atoms with Crippen molar-refractivity contribution in [3.63, 3.8) is 0 Å². The van der Waals surface area contributed by atoms with Crippen LogP contribution >= 0.6 is 0 Å². The van der Waals surface area contributed by atoms with E-state index in [0.717, 1.165) is 4.90 Å². The number of furan rings is 1. The number of imide groups is 1. The third-order valence-electron chi connectivity index (χ3n) is 5.38. The van der Waals surface area contributed by atoms with E-state index in [1.165, 1.54) is 18.3 Å². The highest BCUT2D eigenvalue weighted by Crippen LogP contribution is 2.30. The van der Waals surface area contributed by atoms with Crippen LogP contribution in [0.3, 0.4) is 0 Å². The summed E-state index contributed by atoms with van der Waals surface area (Å²) in [5.74, 6) is 0.924. The number of anilines is 2. The zero-order valence-electron chi connectivity index (χ0n) is 18.9. The molecule has 1 aliphatic rings. The summed E-state index contributed by atoms with van der Waals surface area (Å²) < 4.78 is 15.9. The van der Waals surface area contributed by atoms with Gasteiger partial charge in [-0.3, -0.25) is 9.59 Å². The van der Waals surface area contributed by atoms with Crippen LogP contribution in [0.2, 0.25) is 0 Å². The molecule has 0 unspecified atom stereocenters. The first kappa shape index (κ1) is 22.9. The highest BCUT2D eigenvalue weighted by molar-refractivity contribution is 6.22. The third kappa shape index (κ3) is 4.88. The lowest BCUT2D eigenvalue weighted by molar-refractivity contribution is -0.124.